The van der Waals surface area contributed by atoms with E-state index in [1.54, 1.807) is 0 Å². The number of amidine groups is 1. The van der Waals surface area contributed by atoms with Crippen LogP contribution in [0.15, 0.2) is 11.2 Å². The molecule has 0 spiro atoms. The Morgan fingerprint density at radius 3 is 3.24 bits per heavy atom. The Labute approximate surface area is 110 Å². The van der Waals surface area contributed by atoms with Gasteiger partial charge in [0.25, 0.3) is 0 Å². The predicted octanol–water partition coefficient (Wildman–Crippen LogP) is 2.56. The number of aliphatic imine (C=N–C) groups is 1. The van der Waals surface area contributed by atoms with Crippen LogP contribution in [0, 0.1) is 17.4 Å². The first-order valence-electron chi connectivity index (χ1n) is 5.48. The van der Waals surface area contributed by atoms with Gasteiger partial charge in [-0.3, -0.25) is 0 Å². The first kappa shape index (κ1) is 12.3. The highest BCUT2D eigenvalue weighted by Crippen LogP contribution is 2.26. The average Bonchev–Trinajstić information content (AvgIpc) is 2.69. The van der Waals surface area contributed by atoms with Gasteiger partial charge in [0.15, 0.2) is 4.47 Å². The van der Waals surface area contributed by atoms with E-state index in [1.165, 1.54) is 11.3 Å². The van der Waals surface area contributed by atoms with Crippen LogP contribution in [0.1, 0.15) is 17.7 Å². The van der Waals surface area contributed by atoms with Crippen molar-refractivity contribution in [3.63, 3.8) is 0 Å². The van der Waals surface area contributed by atoms with Gasteiger partial charge < -0.3 is 4.90 Å². The van der Waals surface area contributed by atoms with Gasteiger partial charge >= 0.3 is 0 Å². The second-order valence-electron chi connectivity index (χ2n) is 4.11. The van der Waals surface area contributed by atoms with Gasteiger partial charge in [-0.2, -0.15) is 10.3 Å². The molecule has 4 nitrogen and oxygen atoms in total. The smallest absolute Gasteiger partial charge is 0.207 e. The molecule has 1 fully saturated rings. The lowest BCUT2D eigenvalue weighted by Crippen LogP contribution is -2.39. The number of hydrogen-bond donors (Lipinski definition) is 0. The van der Waals surface area contributed by atoms with Crippen LogP contribution in [0.25, 0.3) is 0 Å². The van der Waals surface area contributed by atoms with Crippen molar-refractivity contribution in [2.75, 3.05) is 13.6 Å². The van der Waals surface area contributed by atoms with Crippen molar-refractivity contribution in [1.82, 2.24) is 9.88 Å². The zero-order chi connectivity index (χ0) is 12.3. The number of piperidine rings is 1. The molecule has 17 heavy (non-hydrogen) atoms. The van der Waals surface area contributed by atoms with E-state index in [9.17, 15) is 0 Å². The minimum absolute atomic E-state index is 0.310. The number of hydrogen-bond acceptors (Lipinski definition) is 4. The number of halogens is 1. The molecular formula is C11H13ClN4S. The number of aromatic nitrogens is 1. The Hall–Kier alpha value is -1.12. The Balaban J connectivity index is 2.13. The first-order valence-corrected chi connectivity index (χ1v) is 6.68. The summed E-state index contributed by atoms with van der Waals surface area (Å²) in [5.41, 5.74) is 0. The second kappa shape index (κ2) is 5.48. The fourth-order valence-electron chi connectivity index (χ4n) is 2.17. The number of nitriles is 1. The normalized spacial score (nSPS) is 22.8. The third-order valence-corrected chi connectivity index (χ3v) is 4.08. The van der Waals surface area contributed by atoms with Crippen LogP contribution in [0.3, 0.4) is 0 Å². The van der Waals surface area contributed by atoms with Crippen molar-refractivity contribution in [2.45, 2.75) is 19.3 Å². The predicted molar refractivity (Wildman–Crippen MR) is 69.2 cm³/mol. The molecule has 0 amide bonds. The largest absolute Gasteiger partial charge is 0.362 e. The summed E-state index contributed by atoms with van der Waals surface area (Å²) in [5.74, 6) is 1.20. The fraction of sp³-hybridized carbons (Fsp3) is 0.545. The number of rotatable bonds is 2. The molecule has 0 radical (unpaired) electrons. The summed E-state index contributed by atoms with van der Waals surface area (Å²) in [6.45, 7) is 0.973. The van der Waals surface area contributed by atoms with Crippen molar-refractivity contribution in [3.05, 3.63) is 15.5 Å². The van der Waals surface area contributed by atoms with Crippen LogP contribution in [0.2, 0.25) is 4.47 Å². The number of likely N-dealkylation sites (tertiary alicyclic amines) is 1. The maximum absolute atomic E-state index is 8.73. The van der Waals surface area contributed by atoms with Gasteiger partial charge in [0, 0.05) is 30.6 Å². The minimum atomic E-state index is 0.310. The zero-order valence-electron chi connectivity index (χ0n) is 9.56. The highest BCUT2D eigenvalue weighted by molar-refractivity contribution is 7.15. The van der Waals surface area contributed by atoms with Gasteiger partial charge in [-0.25, -0.2) is 4.98 Å². The summed E-state index contributed by atoms with van der Waals surface area (Å²) in [5, 5.41) is 8.73. The van der Waals surface area contributed by atoms with E-state index >= 15 is 0 Å². The van der Waals surface area contributed by atoms with Crippen molar-refractivity contribution >= 4 is 28.8 Å². The molecule has 0 aromatic carbocycles. The minimum Gasteiger partial charge on any atom is -0.362 e. The van der Waals surface area contributed by atoms with Crippen LogP contribution in [-0.2, 0) is 6.42 Å². The Morgan fingerprint density at radius 2 is 2.59 bits per heavy atom. The van der Waals surface area contributed by atoms with Gasteiger partial charge in [-0.05, 0) is 19.3 Å². The van der Waals surface area contributed by atoms with Gasteiger partial charge in [0.2, 0.25) is 6.19 Å². The SMILES string of the molecule is CN1CCCC(Cc2cnc(Cl)s2)/C1=N/C#N. The molecule has 0 saturated carbocycles. The quantitative estimate of drug-likeness (QED) is 0.775. The Kier molecular flexibility index (Phi) is 3.97. The first-order chi connectivity index (χ1) is 8.20. The van der Waals surface area contributed by atoms with E-state index in [0.717, 1.165) is 36.5 Å². The average molecular weight is 269 g/mol. The van der Waals surface area contributed by atoms with Gasteiger partial charge in [0.05, 0.1) is 0 Å². The molecule has 1 aromatic rings. The number of nitrogens with zero attached hydrogens (tertiary/aromatic N) is 4. The fourth-order valence-corrected chi connectivity index (χ4v) is 3.23. The van der Waals surface area contributed by atoms with Crippen LogP contribution < -0.4 is 0 Å². The molecule has 1 aliphatic heterocycles. The Morgan fingerprint density at radius 1 is 1.76 bits per heavy atom. The Bertz CT molecular complexity index is 462. The van der Waals surface area contributed by atoms with Crippen LogP contribution in [0.5, 0.6) is 0 Å². The second-order valence-corrected chi connectivity index (χ2v) is 5.81. The number of thiazole rings is 1. The topological polar surface area (TPSA) is 52.3 Å². The van der Waals surface area contributed by atoms with Crippen LogP contribution >= 0.6 is 22.9 Å². The van der Waals surface area contributed by atoms with E-state index in [4.69, 9.17) is 16.9 Å². The zero-order valence-corrected chi connectivity index (χ0v) is 11.1. The van der Waals surface area contributed by atoms with E-state index in [0.29, 0.717) is 10.4 Å². The third kappa shape index (κ3) is 2.96. The third-order valence-electron chi connectivity index (χ3n) is 2.94. The van der Waals surface area contributed by atoms with Gasteiger partial charge in [-0.1, -0.05) is 11.6 Å². The lowest BCUT2D eigenvalue weighted by Gasteiger charge is -2.32. The standard InChI is InChI=1S/C11H13ClN4S/c1-16-4-2-3-8(10(16)15-7-13)5-9-6-14-11(12)17-9/h6,8H,2-5H2,1H3/b15-10-. The summed E-state index contributed by atoms with van der Waals surface area (Å²) in [6.07, 6.45) is 6.79. The molecular weight excluding hydrogens is 256 g/mol. The molecule has 0 aliphatic carbocycles. The summed E-state index contributed by atoms with van der Waals surface area (Å²) in [6, 6.07) is 0. The summed E-state index contributed by atoms with van der Waals surface area (Å²) in [7, 11) is 1.99. The maximum Gasteiger partial charge on any atom is 0.207 e. The molecule has 1 aromatic heterocycles. The molecule has 1 atom stereocenters. The van der Waals surface area contributed by atoms with Crippen LogP contribution in [-0.4, -0.2) is 29.3 Å². The lowest BCUT2D eigenvalue weighted by atomic mass is 9.93. The van der Waals surface area contributed by atoms with E-state index in [2.05, 4.69) is 14.9 Å². The monoisotopic (exact) mass is 268 g/mol. The molecule has 6 heteroatoms. The van der Waals surface area contributed by atoms with Crippen molar-refractivity contribution in [2.24, 2.45) is 10.9 Å². The summed E-state index contributed by atoms with van der Waals surface area (Å²) < 4.78 is 0.572. The van der Waals surface area contributed by atoms with Crippen LogP contribution in [0.4, 0.5) is 0 Å². The van der Waals surface area contributed by atoms with E-state index < -0.39 is 0 Å². The van der Waals surface area contributed by atoms with E-state index in [-0.39, 0.29) is 0 Å². The molecule has 1 saturated heterocycles. The van der Waals surface area contributed by atoms with Gasteiger partial charge in [-0.15, -0.1) is 11.3 Å². The molecule has 1 unspecified atom stereocenters. The maximum atomic E-state index is 8.73. The molecule has 2 rings (SSSR count). The molecule has 0 N–H and O–H groups in total. The van der Waals surface area contributed by atoms with Crippen molar-refractivity contribution < 1.29 is 0 Å². The summed E-state index contributed by atoms with van der Waals surface area (Å²) >= 11 is 7.32. The van der Waals surface area contributed by atoms with Crippen molar-refractivity contribution in [3.8, 4) is 6.19 Å². The lowest BCUT2D eigenvalue weighted by molar-refractivity contribution is 0.376. The highest BCUT2D eigenvalue weighted by atomic mass is 35.5. The van der Waals surface area contributed by atoms with Gasteiger partial charge in [0.1, 0.15) is 5.84 Å². The molecule has 2 heterocycles. The molecule has 0 bridgehead atoms. The van der Waals surface area contributed by atoms with E-state index in [1.807, 2.05) is 19.4 Å². The van der Waals surface area contributed by atoms with Crippen molar-refractivity contribution in [1.29, 1.82) is 5.26 Å². The highest BCUT2D eigenvalue weighted by Gasteiger charge is 2.25. The summed E-state index contributed by atoms with van der Waals surface area (Å²) in [4.78, 5) is 11.2. The molecule has 90 valence electrons. The molecule has 1 aliphatic rings.